The van der Waals surface area contributed by atoms with Gasteiger partial charge in [0.15, 0.2) is 0 Å². The summed E-state index contributed by atoms with van der Waals surface area (Å²) in [7, 11) is 0. The Kier molecular flexibility index (Phi) is 1.98. The quantitative estimate of drug-likeness (QED) is 0.726. The molecule has 2 aromatic heterocycles. The second-order valence-electron chi connectivity index (χ2n) is 2.66. The zero-order chi connectivity index (χ0) is 8.39. The van der Waals surface area contributed by atoms with Gasteiger partial charge in [-0.25, -0.2) is 0 Å². The maximum absolute atomic E-state index is 5.98. The average molecular weight is 178 g/mol. The number of aromatic amines is 1. The Hall–Kier alpha value is -1.06. The van der Waals surface area contributed by atoms with E-state index in [1.54, 1.807) is 11.3 Å². The largest absolute Gasteiger partial charge is 0.363 e. The number of thiophene rings is 1. The number of aromatic nitrogens is 1. The van der Waals surface area contributed by atoms with Crippen LogP contribution in [0.5, 0.6) is 0 Å². The first-order chi connectivity index (χ1) is 5.88. The highest BCUT2D eigenvalue weighted by Crippen LogP contribution is 2.19. The maximum Gasteiger partial charge on any atom is 0.0712 e. The molecular formula is C9H10N2S. The highest BCUT2D eigenvalue weighted by molar-refractivity contribution is 7.07. The lowest BCUT2D eigenvalue weighted by atomic mass is 10.1. The van der Waals surface area contributed by atoms with Crippen LogP contribution in [0.3, 0.4) is 0 Å². The highest BCUT2D eigenvalue weighted by atomic mass is 32.1. The van der Waals surface area contributed by atoms with Gasteiger partial charge in [-0.2, -0.15) is 11.3 Å². The molecule has 0 aliphatic carbocycles. The number of nitrogens with two attached hydrogens (primary N) is 1. The molecule has 1 atom stereocenters. The monoisotopic (exact) mass is 178 g/mol. The van der Waals surface area contributed by atoms with Crippen molar-refractivity contribution in [2.45, 2.75) is 6.04 Å². The Bertz CT molecular complexity index is 289. The standard InChI is InChI=1S/C9H10N2S/c10-9(7-3-5-12-6-7)8-2-1-4-11-8/h1-6,9,11H,10H2/t9-/m1/s1. The molecular weight excluding hydrogens is 168 g/mol. The molecule has 0 fully saturated rings. The van der Waals surface area contributed by atoms with Gasteiger partial charge in [-0.05, 0) is 34.5 Å². The summed E-state index contributed by atoms with van der Waals surface area (Å²) in [6.07, 6.45) is 1.89. The van der Waals surface area contributed by atoms with Crippen molar-refractivity contribution in [1.29, 1.82) is 0 Å². The molecule has 0 saturated heterocycles. The normalized spacial score (nSPS) is 13.1. The lowest BCUT2D eigenvalue weighted by Gasteiger charge is -2.06. The minimum absolute atomic E-state index is 0.00810. The Morgan fingerprint density at radius 2 is 2.33 bits per heavy atom. The SMILES string of the molecule is N[C@H](c1ccsc1)c1ccc[nH]1. The van der Waals surface area contributed by atoms with Crippen molar-refractivity contribution in [3.05, 3.63) is 46.4 Å². The molecule has 2 heterocycles. The minimum atomic E-state index is -0.00810. The Morgan fingerprint density at radius 3 is 2.92 bits per heavy atom. The number of hydrogen-bond donors (Lipinski definition) is 2. The molecule has 0 unspecified atom stereocenters. The van der Waals surface area contributed by atoms with Crippen molar-refractivity contribution in [1.82, 2.24) is 4.98 Å². The van der Waals surface area contributed by atoms with Crippen molar-refractivity contribution in [3.8, 4) is 0 Å². The zero-order valence-electron chi connectivity index (χ0n) is 6.53. The lowest BCUT2D eigenvalue weighted by molar-refractivity contribution is 0.843. The number of H-pyrrole nitrogens is 1. The number of hydrogen-bond acceptors (Lipinski definition) is 2. The van der Waals surface area contributed by atoms with Crippen molar-refractivity contribution >= 4 is 11.3 Å². The highest BCUT2D eigenvalue weighted by Gasteiger charge is 2.08. The third-order valence-corrected chi connectivity index (χ3v) is 2.56. The van der Waals surface area contributed by atoms with E-state index < -0.39 is 0 Å². The summed E-state index contributed by atoms with van der Waals surface area (Å²) in [4.78, 5) is 3.10. The summed E-state index contributed by atoms with van der Waals surface area (Å²) in [6.45, 7) is 0. The number of rotatable bonds is 2. The molecule has 0 amide bonds. The molecule has 2 rings (SSSR count). The van der Waals surface area contributed by atoms with E-state index in [2.05, 4.69) is 16.4 Å². The summed E-state index contributed by atoms with van der Waals surface area (Å²) >= 11 is 1.67. The van der Waals surface area contributed by atoms with Crippen LogP contribution >= 0.6 is 11.3 Å². The molecule has 0 aromatic carbocycles. The van der Waals surface area contributed by atoms with Gasteiger partial charge in [0.1, 0.15) is 0 Å². The Labute approximate surface area is 75.0 Å². The van der Waals surface area contributed by atoms with Crippen LogP contribution < -0.4 is 5.73 Å². The second kappa shape index (κ2) is 3.13. The fourth-order valence-corrected chi connectivity index (χ4v) is 1.87. The molecule has 0 spiro atoms. The van der Waals surface area contributed by atoms with Gasteiger partial charge in [0, 0.05) is 11.9 Å². The first-order valence-corrected chi connectivity index (χ1v) is 4.73. The maximum atomic E-state index is 5.98. The zero-order valence-corrected chi connectivity index (χ0v) is 7.34. The van der Waals surface area contributed by atoms with Crippen LogP contribution in [-0.4, -0.2) is 4.98 Å². The summed E-state index contributed by atoms with van der Waals surface area (Å²) in [5.41, 5.74) is 8.21. The van der Waals surface area contributed by atoms with Crippen molar-refractivity contribution in [2.75, 3.05) is 0 Å². The van der Waals surface area contributed by atoms with Crippen LogP contribution in [0.4, 0.5) is 0 Å². The number of nitrogens with one attached hydrogen (secondary N) is 1. The van der Waals surface area contributed by atoms with Gasteiger partial charge in [-0.15, -0.1) is 0 Å². The minimum Gasteiger partial charge on any atom is -0.363 e. The topological polar surface area (TPSA) is 41.8 Å². The molecule has 0 radical (unpaired) electrons. The molecule has 62 valence electrons. The Balaban J connectivity index is 2.27. The van der Waals surface area contributed by atoms with E-state index in [-0.39, 0.29) is 6.04 Å². The molecule has 0 saturated carbocycles. The first-order valence-electron chi connectivity index (χ1n) is 3.79. The average Bonchev–Trinajstić information content (AvgIpc) is 2.77. The molecule has 2 nitrogen and oxygen atoms in total. The fourth-order valence-electron chi connectivity index (χ4n) is 1.17. The van der Waals surface area contributed by atoms with Gasteiger partial charge in [0.05, 0.1) is 6.04 Å². The van der Waals surface area contributed by atoms with Crippen LogP contribution in [0, 0.1) is 0 Å². The third kappa shape index (κ3) is 1.29. The summed E-state index contributed by atoms with van der Waals surface area (Å²) in [5.74, 6) is 0. The van der Waals surface area contributed by atoms with Crippen molar-refractivity contribution in [2.24, 2.45) is 5.73 Å². The first kappa shape index (κ1) is 7.58. The molecule has 0 aliphatic heterocycles. The van der Waals surface area contributed by atoms with E-state index in [1.807, 2.05) is 23.7 Å². The lowest BCUT2D eigenvalue weighted by Crippen LogP contribution is -2.10. The van der Waals surface area contributed by atoms with Crippen LogP contribution in [-0.2, 0) is 0 Å². The van der Waals surface area contributed by atoms with E-state index in [1.165, 1.54) is 5.56 Å². The second-order valence-corrected chi connectivity index (χ2v) is 3.44. The molecule has 0 bridgehead atoms. The van der Waals surface area contributed by atoms with Gasteiger partial charge in [-0.3, -0.25) is 0 Å². The van der Waals surface area contributed by atoms with Crippen LogP contribution in [0.25, 0.3) is 0 Å². The summed E-state index contributed by atoms with van der Waals surface area (Å²) < 4.78 is 0. The molecule has 3 N–H and O–H groups in total. The van der Waals surface area contributed by atoms with E-state index in [4.69, 9.17) is 5.73 Å². The molecule has 2 aromatic rings. The van der Waals surface area contributed by atoms with Crippen molar-refractivity contribution in [3.63, 3.8) is 0 Å². The van der Waals surface area contributed by atoms with Crippen LogP contribution in [0.2, 0.25) is 0 Å². The summed E-state index contributed by atoms with van der Waals surface area (Å²) in [5, 5.41) is 4.11. The van der Waals surface area contributed by atoms with Gasteiger partial charge in [-0.1, -0.05) is 0 Å². The van der Waals surface area contributed by atoms with Crippen molar-refractivity contribution < 1.29 is 0 Å². The van der Waals surface area contributed by atoms with Gasteiger partial charge >= 0.3 is 0 Å². The Morgan fingerprint density at radius 1 is 1.42 bits per heavy atom. The van der Waals surface area contributed by atoms with E-state index in [9.17, 15) is 0 Å². The van der Waals surface area contributed by atoms with Gasteiger partial charge in [0.25, 0.3) is 0 Å². The van der Waals surface area contributed by atoms with E-state index >= 15 is 0 Å². The van der Waals surface area contributed by atoms with Gasteiger partial charge < -0.3 is 10.7 Å². The predicted octanol–water partition coefficient (Wildman–Crippen LogP) is 2.12. The van der Waals surface area contributed by atoms with Crippen LogP contribution in [0.15, 0.2) is 35.2 Å². The molecule has 0 aliphatic rings. The summed E-state index contributed by atoms with van der Waals surface area (Å²) in [6, 6.07) is 6.01. The van der Waals surface area contributed by atoms with E-state index in [0.717, 1.165) is 5.69 Å². The predicted molar refractivity (Wildman–Crippen MR) is 51.1 cm³/mol. The smallest absolute Gasteiger partial charge is 0.0712 e. The molecule has 3 heteroatoms. The third-order valence-electron chi connectivity index (χ3n) is 1.86. The molecule has 12 heavy (non-hydrogen) atoms. The van der Waals surface area contributed by atoms with Gasteiger partial charge in [0.2, 0.25) is 0 Å². The van der Waals surface area contributed by atoms with E-state index in [0.29, 0.717) is 0 Å². The fraction of sp³-hybridized carbons (Fsp3) is 0.111. The van der Waals surface area contributed by atoms with Crippen LogP contribution in [0.1, 0.15) is 17.3 Å².